The maximum Gasteiger partial charge on any atom is 0.339 e. The highest BCUT2D eigenvalue weighted by Gasteiger charge is 2.11. The Morgan fingerprint density at radius 3 is 2.18 bits per heavy atom. The van der Waals surface area contributed by atoms with Crippen molar-refractivity contribution < 1.29 is 14.3 Å². The molecule has 0 unspecified atom stereocenters. The van der Waals surface area contributed by atoms with Crippen LogP contribution in [0.15, 0.2) is 78.9 Å². The number of esters is 1. The van der Waals surface area contributed by atoms with Gasteiger partial charge in [0.1, 0.15) is 0 Å². The van der Waals surface area contributed by atoms with Crippen molar-refractivity contribution in [2.45, 2.75) is 12.8 Å². The summed E-state index contributed by atoms with van der Waals surface area (Å²) in [5.74, 6) is -0.425. The van der Waals surface area contributed by atoms with E-state index in [1.54, 1.807) is 12.1 Å². The number of carbonyl (C=O) groups excluding carboxylic acids is 2. The summed E-state index contributed by atoms with van der Waals surface area (Å²) in [4.78, 5) is 24.0. The van der Waals surface area contributed by atoms with E-state index in [0.717, 1.165) is 16.9 Å². The highest BCUT2D eigenvalue weighted by molar-refractivity contribution is 5.96. The number of nitrogens with one attached hydrogen (secondary N) is 2. The van der Waals surface area contributed by atoms with Crippen LogP contribution in [-0.4, -0.2) is 19.0 Å². The monoisotopic (exact) mass is 374 g/mol. The van der Waals surface area contributed by atoms with Crippen molar-refractivity contribution in [1.82, 2.24) is 0 Å². The smallest absolute Gasteiger partial charge is 0.339 e. The van der Waals surface area contributed by atoms with Gasteiger partial charge in [0.2, 0.25) is 5.91 Å². The van der Waals surface area contributed by atoms with Crippen LogP contribution in [0.5, 0.6) is 0 Å². The lowest BCUT2D eigenvalue weighted by molar-refractivity contribution is -0.116. The van der Waals surface area contributed by atoms with Crippen LogP contribution in [0.3, 0.4) is 0 Å². The van der Waals surface area contributed by atoms with E-state index in [9.17, 15) is 9.59 Å². The summed E-state index contributed by atoms with van der Waals surface area (Å²) in [5, 5.41) is 6.10. The molecule has 3 aromatic rings. The quantitative estimate of drug-likeness (QED) is 0.584. The molecule has 5 nitrogen and oxygen atoms in total. The number of para-hydroxylation sites is 1. The van der Waals surface area contributed by atoms with Crippen molar-refractivity contribution in [2.75, 3.05) is 17.7 Å². The average Bonchev–Trinajstić information content (AvgIpc) is 2.74. The van der Waals surface area contributed by atoms with Gasteiger partial charge in [-0.2, -0.15) is 0 Å². The largest absolute Gasteiger partial charge is 0.465 e. The van der Waals surface area contributed by atoms with Gasteiger partial charge < -0.3 is 15.4 Å². The fourth-order valence-corrected chi connectivity index (χ4v) is 2.80. The number of carbonyl (C=O) groups is 2. The zero-order valence-electron chi connectivity index (χ0n) is 15.6. The maximum atomic E-state index is 12.1. The van der Waals surface area contributed by atoms with Crippen molar-refractivity contribution in [3.63, 3.8) is 0 Å². The zero-order valence-corrected chi connectivity index (χ0v) is 15.6. The lowest BCUT2D eigenvalue weighted by atomic mass is 10.1. The van der Waals surface area contributed by atoms with Crippen LogP contribution in [0.2, 0.25) is 0 Å². The average molecular weight is 374 g/mol. The minimum Gasteiger partial charge on any atom is -0.465 e. The number of benzene rings is 3. The molecule has 0 aliphatic heterocycles. The van der Waals surface area contributed by atoms with Crippen molar-refractivity contribution in [3.05, 3.63) is 90.0 Å². The van der Waals surface area contributed by atoms with Gasteiger partial charge >= 0.3 is 5.97 Å². The molecule has 0 fully saturated rings. The van der Waals surface area contributed by atoms with E-state index >= 15 is 0 Å². The number of hydrogen-bond donors (Lipinski definition) is 2. The Morgan fingerprint density at radius 1 is 0.821 bits per heavy atom. The van der Waals surface area contributed by atoms with Crippen molar-refractivity contribution >= 4 is 28.9 Å². The Kier molecular flexibility index (Phi) is 6.41. The number of methoxy groups -OCH3 is 1. The normalized spacial score (nSPS) is 10.2. The van der Waals surface area contributed by atoms with E-state index in [-0.39, 0.29) is 5.91 Å². The van der Waals surface area contributed by atoms with Crippen LogP contribution in [0, 0.1) is 0 Å². The first kappa shape index (κ1) is 19.2. The third kappa shape index (κ3) is 5.20. The van der Waals surface area contributed by atoms with Gasteiger partial charge in [-0.15, -0.1) is 0 Å². The molecule has 0 saturated carbocycles. The van der Waals surface area contributed by atoms with Crippen molar-refractivity contribution in [2.24, 2.45) is 0 Å². The van der Waals surface area contributed by atoms with E-state index in [4.69, 9.17) is 4.74 Å². The van der Waals surface area contributed by atoms with E-state index in [2.05, 4.69) is 10.6 Å². The van der Waals surface area contributed by atoms with Crippen LogP contribution in [-0.2, 0) is 16.0 Å². The summed E-state index contributed by atoms with van der Waals surface area (Å²) in [7, 11) is 1.36. The summed E-state index contributed by atoms with van der Waals surface area (Å²) >= 11 is 0. The molecular weight excluding hydrogens is 352 g/mol. The lowest BCUT2D eigenvalue weighted by Crippen LogP contribution is -2.12. The molecule has 0 saturated heterocycles. The van der Waals surface area contributed by atoms with E-state index in [0.29, 0.717) is 24.1 Å². The molecule has 0 heterocycles. The predicted octanol–water partition coefficient (Wildman–Crippen LogP) is 4.79. The van der Waals surface area contributed by atoms with Gasteiger partial charge in [-0.3, -0.25) is 4.79 Å². The molecule has 0 radical (unpaired) electrons. The molecule has 2 N–H and O–H groups in total. The van der Waals surface area contributed by atoms with Gasteiger partial charge in [0.25, 0.3) is 0 Å². The molecule has 5 heteroatoms. The first-order valence-electron chi connectivity index (χ1n) is 9.04. The second kappa shape index (κ2) is 9.37. The fraction of sp³-hybridized carbons (Fsp3) is 0.130. The summed E-state index contributed by atoms with van der Waals surface area (Å²) < 4.78 is 4.81. The predicted molar refractivity (Wildman–Crippen MR) is 111 cm³/mol. The minimum absolute atomic E-state index is 0.0272. The van der Waals surface area contributed by atoms with Gasteiger partial charge in [0.05, 0.1) is 18.4 Å². The lowest BCUT2D eigenvalue weighted by Gasteiger charge is -2.11. The number of ether oxygens (including phenoxy) is 1. The third-order valence-electron chi connectivity index (χ3n) is 4.26. The first-order chi connectivity index (χ1) is 13.7. The standard InChI is InChI=1S/C23H22N2O3/c1-28-23(27)20-9-5-6-10-21(20)24-18-12-14-19(15-13-18)25-22(26)16-11-17-7-3-2-4-8-17/h2-10,12-15,24H,11,16H2,1H3,(H,25,26). The molecule has 28 heavy (non-hydrogen) atoms. The highest BCUT2D eigenvalue weighted by Crippen LogP contribution is 2.23. The Hall–Kier alpha value is -3.60. The first-order valence-corrected chi connectivity index (χ1v) is 9.04. The van der Waals surface area contributed by atoms with Crippen LogP contribution < -0.4 is 10.6 Å². The Balaban J connectivity index is 1.58. The van der Waals surface area contributed by atoms with Crippen LogP contribution in [0.25, 0.3) is 0 Å². The van der Waals surface area contributed by atoms with E-state index < -0.39 is 5.97 Å². The van der Waals surface area contributed by atoms with Gasteiger partial charge in [-0.1, -0.05) is 42.5 Å². The molecule has 0 bridgehead atoms. The second-order valence-corrected chi connectivity index (χ2v) is 6.27. The third-order valence-corrected chi connectivity index (χ3v) is 4.26. The van der Waals surface area contributed by atoms with Crippen molar-refractivity contribution in [3.8, 4) is 0 Å². The van der Waals surface area contributed by atoms with Gasteiger partial charge in [-0.05, 0) is 48.4 Å². The molecule has 3 rings (SSSR count). The topological polar surface area (TPSA) is 67.4 Å². The molecule has 3 aromatic carbocycles. The fourth-order valence-electron chi connectivity index (χ4n) is 2.80. The molecule has 0 aliphatic carbocycles. The Labute approximate surface area is 164 Å². The van der Waals surface area contributed by atoms with Crippen molar-refractivity contribution in [1.29, 1.82) is 0 Å². The summed E-state index contributed by atoms with van der Waals surface area (Å²) in [5.41, 5.74) is 3.79. The molecule has 0 aliphatic rings. The number of rotatable bonds is 7. The zero-order chi connectivity index (χ0) is 19.8. The molecule has 0 atom stereocenters. The number of aryl methyl sites for hydroxylation is 1. The molecule has 142 valence electrons. The maximum absolute atomic E-state index is 12.1. The highest BCUT2D eigenvalue weighted by atomic mass is 16.5. The second-order valence-electron chi connectivity index (χ2n) is 6.27. The van der Waals surface area contributed by atoms with Gasteiger partial charge in [-0.25, -0.2) is 4.79 Å². The molecule has 0 aromatic heterocycles. The minimum atomic E-state index is -0.398. The molecular formula is C23H22N2O3. The number of amides is 1. The van der Waals surface area contributed by atoms with Crippen LogP contribution in [0.4, 0.5) is 17.1 Å². The summed E-state index contributed by atoms with van der Waals surface area (Å²) in [6.07, 6.45) is 1.13. The van der Waals surface area contributed by atoms with Gasteiger partial charge in [0, 0.05) is 17.8 Å². The molecule has 1 amide bonds. The summed E-state index contributed by atoms with van der Waals surface area (Å²) in [6.45, 7) is 0. The molecule has 0 spiro atoms. The van der Waals surface area contributed by atoms with E-state index in [1.165, 1.54) is 7.11 Å². The Bertz CT molecular complexity index is 938. The van der Waals surface area contributed by atoms with Crippen LogP contribution in [0.1, 0.15) is 22.3 Å². The van der Waals surface area contributed by atoms with Gasteiger partial charge in [0.15, 0.2) is 0 Å². The number of anilines is 3. The van der Waals surface area contributed by atoms with E-state index in [1.807, 2.05) is 66.7 Å². The summed E-state index contributed by atoms with van der Waals surface area (Å²) in [6, 6.07) is 24.4. The number of hydrogen-bond acceptors (Lipinski definition) is 4. The van der Waals surface area contributed by atoms with Crippen LogP contribution >= 0.6 is 0 Å². The SMILES string of the molecule is COC(=O)c1ccccc1Nc1ccc(NC(=O)CCc2ccccc2)cc1. The Morgan fingerprint density at radius 2 is 1.46 bits per heavy atom.